The maximum absolute atomic E-state index is 13.9. The number of aromatic nitrogens is 3. The summed E-state index contributed by atoms with van der Waals surface area (Å²) in [5.74, 6) is -2.96. The van der Waals surface area contributed by atoms with Crippen molar-refractivity contribution in [2.45, 2.75) is 18.2 Å². The lowest BCUT2D eigenvalue weighted by Crippen LogP contribution is -2.32. The summed E-state index contributed by atoms with van der Waals surface area (Å²) in [5, 5.41) is 6.96. The zero-order valence-corrected chi connectivity index (χ0v) is 17.9. The summed E-state index contributed by atoms with van der Waals surface area (Å²) < 4.78 is 82.1. The van der Waals surface area contributed by atoms with Crippen molar-refractivity contribution in [1.29, 1.82) is 0 Å². The van der Waals surface area contributed by atoms with Crippen LogP contribution in [0.1, 0.15) is 16.2 Å². The van der Waals surface area contributed by atoms with Crippen molar-refractivity contribution in [1.82, 2.24) is 19.7 Å². The van der Waals surface area contributed by atoms with Crippen LogP contribution in [0.5, 0.6) is 5.75 Å². The van der Waals surface area contributed by atoms with Gasteiger partial charge in [-0.15, -0.1) is 18.3 Å². The second kappa shape index (κ2) is 8.56. The van der Waals surface area contributed by atoms with Crippen LogP contribution in [0.3, 0.4) is 0 Å². The molecule has 1 amide bonds. The van der Waals surface area contributed by atoms with Gasteiger partial charge in [-0.2, -0.15) is 0 Å². The molecule has 0 aliphatic carbocycles. The first kappa shape index (κ1) is 23.8. The minimum Gasteiger partial charge on any atom is -0.406 e. The highest BCUT2D eigenvalue weighted by molar-refractivity contribution is 7.90. The number of hydrogen-bond acceptors (Lipinski definition) is 6. The van der Waals surface area contributed by atoms with E-state index in [1.165, 1.54) is 6.92 Å². The third-order valence-corrected chi connectivity index (χ3v) is 5.78. The zero-order chi connectivity index (χ0) is 23.8. The maximum Gasteiger partial charge on any atom is 0.573 e. The molecule has 15 heteroatoms. The van der Waals surface area contributed by atoms with Crippen LogP contribution in [0.15, 0.2) is 41.3 Å². The summed E-state index contributed by atoms with van der Waals surface area (Å²) in [6, 6.07) is 5.73. The molecular formula is C17H10Cl2F4N4O4S. The zero-order valence-electron chi connectivity index (χ0n) is 15.6. The summed E-state index contributed by atoms with van der Waals surface area (Å²) in [7, 11) is -4.65. The predicted molar refractivity (Wildman–Crippen MR) is 104 cm³/mol. The first-order valence-corrected chi connectivity index (χ1v) is 10.5. The van der Waals surface area contributed by atoms with E-state index < -0.39 is 44.4 Å². The van der Waals surface area contributed by atoms with Gasteiger partial charge in [-0.3, -0.25) is 4.79 Å². The van der Waals surface area contributed by atoms with Gasteiger partial charge in [0.15, 0.2) is 5.69 Å². The summed E-state index contributed by atoms with van der Waals surface area (Å²) >= 11 is 11.7. The molecule has 32 heavy (non-hydrogen) atoms. The molecule has 0 unspecified atom stereocenters. The number of hydrogen-bond donors (Lipinski definition) is 1. The molecule has 0 spiro atoms. The molecule has 0 saturated carbocycles. The Labute approximate surface area is 187 Å². The highest BCUT2D eigenvalue weighted by Crippen LogP contribution is 2.30. The molecule has 0 saturated heterocycles. The molecule has 0 aliphatic rings. The van der Waals surface area contributed by atoms with Crippen molar-refractivity contribution < 1.29 is 35.5 Å². The number of carbonyl (C=O) groups is 1. The number of amides is 1. The van der Waals surface area contributed by atoms with Crippen LogP contribution in [0.4, 0.5) is 17.6 Å². The molecule has 3 rings (SSSR count). The van der Waals surface area contributed by atoms with E-state index in [4.69, 9.17) is 23.2 Å². The Morgan fingerprint density at radius 1 is 1.16 bits per heavy atom. The van der Waals surface area contributed by atoms with Gasteiger partial charge < -0.3 is 4.74 Å². The first-order chi connectivity index (χ1) is 14.8. The van der Waals surface area contributed by atoms with E-state index in [0.29, 0.717) is 0 Å². The van der Waals surface area contributed by atoms with Crippen molar-refractivity contribution in [3.8, 4) is 11.4 Å². The lowest BCUT2D eigenvalue weighted by molar-refractivity contribution is -0.274. The highest BCUT2D eigenvalue weighted by atomic mass is 35.5. The van der Waals surface area contributed by atoms with E-state index in [1.54, 1.807) is 4.72 Å². The maximum atomic E-state index is 13.9. The van der Waals surface area contributed by atoms with Crippen molar-refractivity contribution in [2.24, 2.45) is 0 Å². The number of alkyl halides is 3. The molecule has 0 fully saturated rings. The van der Waals surface area contributed by atoms with Crippen molar-refractivity contribution in [3.63, 3.8) is 0 Å². The molecule has 0 bridgehead atoms. The Bertz CT molecular complexity index is 1310. The molecule has 170 valence electrons. The third-order valence-electron chi connectivity index (χ3n) is 3.90. The van der Waals surface area contributed by atoms with Crippen molar-refractivity contribution >= 4 is 39.1 Å². The molecule has 0 radical (unpaired) electrons. The molecular weight excluding hydrogens is 503 g/mol. The largest absolute Gasteiger partial charge is 0.573 e. The summed E-state index contributed by atoms with van der Waals surface area (Å²) in [5.41, 5.74) is -0.424. The van der Waals surface area contributed by atoms with E-state index in [2.05, 4.69) is 15.0 Å². The third kappa shape index (κ3) is 5.11. The Balaban J connectivity index is 1.89. The van der Waals surface area contributed by atoms with E-state index in [-0.39, 0.29) is 21.4 Å². The molecule has 8 nitrogen and oxygen atoms in total. The van der Waals surface area contributed by atoms with Gasteiger partial charge in [0.1, 0.15) is 16.5 Å². The van der Waals surface area contributed by atoms with Crippen LogP contribution in [0.2, 0.25) is 10.0 Å². The van der Waals surface area contributed by atoms with Crippen molar-refractivity contribution in [2.75, 3.05) is 0 Å². The molecule has 2 aromatic carbocycles. The Kier molecular flexibility index (Phi) is 6.36. The number of nitrogens with zero attached hydrogens (tertiary/aromatic N) is 3. The standard InChI is InChI=1S/C17H10Cl2F4N4O4S/c1-8-15(16(28)25-32(29,30)14-6-9(18)2-4-12(14)20)24-26-27(8)13-5-3-10(7-11(13)19)31-17(21,22)23/h2-7H,1H3,(H,25,28). The number of ether oxygens (including phenoxy) is 1. The molecule has 1 aromatic heterocycles. The minimum absolute atomic E-state index is 0.00402. The smallest absolute Gasteiger partial charge is 0.406 e. The lowest BCUT2D eigenvalue weighted by atomic mass is 10.2. The van der Waals surface area contributed by atoms with Crippen LogP contribution >= 0.6 is 23.2 Å². The molecule has 1 heterocycles. The highest BCUT2D eigenvalue weighted by Gasteiger charge is 2.31. The number of sulfonamides is 1. The average molecular weight is 513 g/mol. The van der Waals surface area contributed by atoms with E-state index >= 15 is 0 Å². The fourth-order valence-corrected chi connectivity index (χ4v) is 4.08. The predicted octanol–water partition coefficient (Wildman–Crippen LogP) is 4.04. The van der Waals surface area contributed by atoms with Gasteiger partial charge in [-0.05, 0) is 37.3 Å². The Hall–Kier alpha value is -2.90. The van der Waals surface area contributed by atoms with E-state index in [0.717, 1.165) is 41.1 Å². The second-order valence-electron chi connectivity index (χ2n) is 6.11. The fourth-order valence-electron chi connectivity index (χ4n) is 2.53. The SMILES string of the molecule is Cc1c(C(=O)NS(=O)(=O)c2cc(Cl)ccc2F)nnn1-c1ccc(OC(F)(F)F)cc1Cl. The second-order valence-corrected chi connectivity index (χ2v) is 8.60. The number of carbonyl (C=O) groups excluding carboxylic acids is 1. The van der Waals surface area contributed by atoms with Gasteiger partial charge in [-0.25, -0.2) is 22.2 Å². The number of benzene rings is 2. The lowest BCUT2D eigenvalue weighted by Gasteiger charge is -2.11. The summed E-state index contributed by atoms with van der Waals surface area (Å²) in [6.45, 7) is 1.33. The van der Waals surface area contributed by atoms with Crippen LogP contribution in [-0.2, 0) is 10.0 Å². The number of nitrogens with one attached hydrogen (secondary N) is 1. The average Bonchev–Trinajstić information content (AvgIpc) is 3.03. The van der Waals surface area contributed by atoms with E-state index in [9.17, 15) is 30.8 Å². The fraction of sp³-hybridized carbons (Fsp3) is 0.118. The van der Waals surface area contributed by atoms with Gasteiger partial charge in [0, 0.05) is 11.1 Å². The normalized spacial score (nSPS) is 12.0. The van der Waals surface area contributed by atoms with Crippen LogP contribution in [0.25, 0.3) is 5.69 Å². The van der Waals surface area contributed by atoms with Gasteiger partial charge in [-0.1, -0.05) is 28.4 Å². The minimum atomic E-state index is -4.92. The van der Waals surface area contributed by atoms with Gasteiger partial charge in [0.05, 0.1) is 16.4 Å². The summed E-state index contributed by atoms with van der Waals surface area (Å²) in [4.78, 5) is 11.6. The molecule has 1 N–H and O–H groups in total. The van der Waals surface area contributed by atoms with Gasteiger partial charge in [0.2, 0.25) is 0 Å². The van der Waals surface area contributed by atoms with Gasteiger partial charge >= 0.3 is 6.36 Å². The topological polar surface area (TPSA) is 103 Å². The van der Waals surface area contributed by atoms with Crippen molar-refractivity contribution in [3.05, 3.63) is 63.6 Å². The summed E-state index contributed by atoms with van der Waals surface area (Å²) in [6.07, 6.45) is -4.92. The molecule has 0 atom stereocenters. The molecule has 3 aromatic rings. The monoisotopic (exact) mass is 512 g/mol. The number of halogens is 6. The van der Waals surface area contributed by atoms with Crippen LogP contribution in [-0.4, -0.2) is 35.7 Å². The Morgan fingerprint density at radius 3 is 2.47 bits per heavy atom. The van der Waals surface area contributed by atoms with Gasteiger partial charge in [0.25, 0.3) is 15.9 Å². The molecule has 0 aliphatic heterocycles. The van der Waals surface area contributed by atoms with Crippen LogP contribution in [0, 0.1) is 12.7 Å². The van der Waals surface area contributed by atoms with E-state index in [1.807, 2.05) is 0 Å². The first-order valence-electron chi connectivity index (χ1n) is 8.28. The quantitative estimate of drug-likeness (QED) is 0.517. The van der Waals surface area contributed by atoms with Crippen LogP contribution < -0.4 is 9.46 Å². The Morgan fingerprint density at radius 2 is 1.84 bits per heavy atom. The number of rotatable bonds is 5.